The number of aryl methyl sites for hydroxylation is 1. The predicted octanol–water partition coefficient (Wildman–Crippen LogP) is 0.866. The minimum atomic E-state index is 0.0847. The lowest BCUT2D eigenvalue weighted by molar-refractivity contribution is 0.0936. The molecule has 0 aliphatic carbocycles. The fourth-order valence-corrected chi connectivity index (χ4v) is 1.85. The van der Waals surface area contributed by atoms with E-state index in [0.717, 1.165) is 13.1 Å². The fraction of sp³-hybridized carbons (Fsp3) is 0.556. The van der Waals surface area contributed by atoms with Crippen LogP contribution in [-0.4, -0.2) is 28.7 Å². The molecule has 1 fully saturated rings. The van der Waals surface area contributed by atoms with Crippen LogP contribution in [0.4, 0.5) is 0 Å². The SMILES string of the molecule is Cn1ncc(Cl)c1C(=O)CC1CNC1. The number of halogens is 1. The van der Waals surface area contributed by atoms with Crippen molar-refractivity contribution in [1.29, 1.82) is 0 Å². The van der Waals surface area contributed by atoms with E-state index in [4.69, 9.17) is 11.6 Å². The van der Waals surface area contributed by atoms with Crippen molar-refractivity contribution < 1.29 is 4.79 Å². The van der Waals surface area contributed by atoms with E-state index in [2.05, 4.69) is 10.4 Å². The number of nitrogens with zero attached hydrogens (tertiary/aromatic N) is 2. The van der Waals surface area contributed by atoms with Crippen LogP contribution in [-0.2, 0) is 7.05 Å². The van der Waals surface area contributed by atoms with Gasteiger partial charge in [0, 0.05) is 13.5 Å². The molecule has 0 bridgehead atoms. The van der Waals surface area contributed by atoms with E-state index in [1.165, 1.54) is 10.9 Å². The van der Waals surface area contributed by atoms with Gasteiger partial charge in [0.2, 0.25) is 0 Å². The smallest absolute Gasteiger partial charge is 0.182 e. The molecule has 2 heterocycles. The van der Waals surface area contributed by atoms with E-state index in [1.807, 2.05) is 0 Å². The first kappa shape index (κ1) is 9.68. The first-order chi connectivity index (χ1) is 6.68. The van der Waals surface area contributed by atoms with Crippen molar-refractivity contribution in [2.24, 2.45) is 13.0 Å². The summed E-state index contributed by atoms with van der Waals surface area (Å²) >= 11 is 5.86. The van der Waals surface area contributed by atoms with Crippen molar-refractivity contribution in [1.82, 2.24) is 15.1 Å². The molecule has 1 aliphatic heterocycles. The Morgan fingerprint density at radius 2 is 2.50 bits per heavy atom. The number of nitrogens with one attached hydrogen (secondary N) is 1. The topological polar surface area (TPSA) is 46.9 Å². The normalized spacial score (nSPS) is 16.7. The number of aromatic nitrogens is 2. The molecule has 76 valence electrons. The zero-order chi connectivity index (χ0) is 10.1. The maximum Gasteiger partial charge on any atom is 0.182 e. The second kappa shape index (κ2) is 3.71. The third-order valence-electron chi connectivity index (χ3n) is 2.50. The molecule has 0 radical (unpaired) electrons. The molecule has 1 aromatic rings. The van der Waals surface area contributed by atoms with Crippen LogP contribution in [0, 0.1) is 5.92 Å². The maximum atomic E-state index is 11.8. The van der Waals surface area contributed by atoms with Gasteiger partial charge in [-0.1, -0.05) is 11.6 Å². The highest BCUT2D eigenvalue weighted by molar-refractivity contribution is 6.33. The van der Waals surface area contributed by atoms with Crippen molar-refractivity contribution in [3.8, 4) is 0 Å². The molecule has 0 aromatic carbocycles. The molecule has 1 aliphatic rings. The molecule has 5 heteroatoms. The largest absolute Gasteiger partial charge is 0.316 e. The quantitative estimate of drug-likeness (QED) is 0.758. The van der Waals surface area contributed by atoms with Gasteiger partial charge < -0.3 is 5.32 Å². The van der Waals surface area contributed by atoms with Gasteiger partial charge in [-0.2, -0.15) is 5.10 Å². The van der Waals surface area contributed by atoms with Gasteiger partial charge in [-0.15, -0.1) is 0 Å². The van der Waals surface area contributed by atoms with Crippen LogP contribution in [0.15, 0.2) is 6.20 Å². The number of ketones is 1. The van der Waals surface area contributed by atoms with Gasteiger partial charge in [-0.05, 0) is 19.0 Å². The first-order valence-corrected chi connectivity index (χ1v) is 4.97. The van der Waals surface area contributed by atoms with Gasteiger partial charge >= 0.3 is 0 Å². The Labute approximate surface area is 87.2 Å². The van der Waals surface area contributed by atoms with Crippen LogP contribution < -0.4 is 5.32 Å². The predicted molar refractivity (Wildman–Crippen MR) is 53.5 cm³/mol. The highest BCUT2D eigenvalue weighted by atomic mass is 35.5. The van der Waals surface area contributed by atoms with Gasteiger partial charge in [0.15, 0.2) is 5.78 Å². The van der Waals surface area contributed by atoms with Gasteiger partial charge in [0.25, 0.3) is 0 Å². The molecule has 0 unspecified atom stereocenters. The van der Waals surface area contributed by atoms with E-state index in [-0.39, 0.29) is 5.78 Å². The number of hydrogen-bond donors (Lipinski definition) is 1. The summed E-state index contributed by atoms with van der Waals surface area (Å²) in [5.74, 6) is 0.551. The van der Waals surface area contributed by atoms with E-state index in [1.54, 1.807) is 7.05 Å². The number of Topliss-reactive ketones (excluding diaryl/α,β-unsaturated/α-hetero) is 1. The van der Waals surface area contributed by atoms with Gasteiger partial charge in [0.05, 0.1) is 11.2 Å². The summed E-state index contributed by atoms with van der Waals surface area (Å²) in [6, 6.07) is 0. The zero-order valence-electron chi connectivity index (χ0n) is 7.96. The van der Waals surface area contributed by atoms with Gasteiger partial charge in [-0.3, -0.25) is 9.48 Å². The molecule has 1 aromatic heterocycles. The lowest BCUT2D eigenvalue weighted by Gasteiger charge is -2.26. The molecule has 0 saturated carbocycles. The minimum Gasteiger partial charge on any atom is -0.316 e. The van der Waals surface area contributed by atoms with Crippen molar-refractivity contribution in [3.63, 3.8) is 0 Å². The van der Waals surface area contributed by atoms with Crippen LogP contribution in [0.2, 0.25) is 5.02 Å². The van der Waals surface area contributed by atoms with E-state index in [9.17, 15) is 4.79 Å². The molecule has 4 nitrogen and oxygen atoms in total. The molecular formula is C9H12ClN3O. The molecule has 2 rings (SSSR count). The lowest BCUT2D eigenvalue weighted by atomic mass is 9.96. The molecule has 0 spiro atoms. The third-order valence-corrected chi connectivity index (χ3v) is 2.77. The monoisotopic (exact) mass is 213 g/mol. The van der Waals surface area contributed by atoms with Crippen molar-refractivity contribution in [2.45, 2.75) is 6.42 Å². The van der Waals surface area contributed by atoms with E-state index >= 15 is 0 Å². The average Bonchev–Trinajstić information content (AvgIpc) is 2.39. The maximum absolute atomic E-state index is 11.8. The van der Waals surface area contributed by atoms with Crippen molar-refractivity contribution in [2.75, 3.05) is 13.1 Å². The summed E-state index contributed by atoms with van der Waals surface area (Å²) < 4.78 is 1.54. The Kier molecular flexibility index (Phi) is 2.56. The Morgan fingerprint density at radius 1 is 1.79 bits per heavy atom. The van der Waals surface area contributed by atoms with Crippen LogP contribution in [0.1, 0.15) is 16.9 Å². The van der Waals surface area contributed by atoms with Crippen LogP contribution in [0.25, 0.3) is 0 Å². The van der Waals surface area contributed by atoms with Crippen LogP contribution in [0.3, 0.4) is 0 Å². The summed E-state index contributed by atoms with van der Waals surface area (Å²) in [6.45, 7) is 1.86. The van der Waals surface area contributed by atoms with E-state index < -0.39 is 0 Å². The van der Waals surface area contributed by atoms with Gasteiger partial charge in [-0.25, -0.2) is 0 Å². The summed E-state index contributed by atoms with van der Waals surface area (Å²) in [5.41, 5.74) is 0.526. The Bertz CT molecular complexity index is 337. The fourth-order valence-electron chi connectivity index (χ4n) is 1.58. The third kappa shape index (κ3) is 1.67. The van der Waals surface area contributed by atoms with Crippen LogP contribution >= 0.6 is 11.6 Å². The first-order valence-electron chi connectivity index (χ1n) is 4.60. The number of carbonyl (C=O) groups is 1. The van der Waals surface area contributed by atoms with Gasteiger partial charge in [0.1, 0.15) is 5.69 Å². The van der Waals surface area contributed by atoms with Crippen molar-refractivity contribution >= 4 is 17.4 Å². The molecular weight excluding hydrogens is 202 g/mol. The molecule has 14 heavy (non-hydrogen) atoms. The standard InChI is InChI=1S/C9H12ClN3O/c1-13-9(7(10)5-12-13)8(14)2-6-3-11-4-6/h5-6,11H,2-4H2,1H3. The Hall–Kier alpha value is -0.870. The zero-order valence-corrected chi connectivity index (χ0v) is 8.71. The second-order valence-electron chi connectivity index (χ2n) is 3.62. The number of hydrogen-bond acceptors (Lipinski definition) is 3. The van der Waals surface area contributed by atoms with Crippen molar-refractivity contribution in [3.05, 3.63) is 16.9 Å². The molecule has 0 atom stereocenters. The Balaban J connectivity index is 2.09. The molecule has 1 N–H and O–H groups in total. The second-order valence-corrected chi connectivity index (χ2v) is 4.02. The van der Waals surface area contributed by atoms with Crippen LogP contribution in [0.5, 0.6) is 0 Å². The number of rotatable bonds is 3. The number of carbonyl (C=O) groups excluding carboxylic acids is 1. The average molecular weight is 214 g/mol. The highest BCUT2D eigenvalue weighted by Gasteiger charge is 2.23. The van der Waals surface area contributed by atoms with E-state index in [0.29, 0.717) is 23.1 Å². The summed E-state index contributed by atoms with van der Waals surface area (Å²) in [6.07, 6.45) is 2.07. The molecule has 0 amide bonds. The minimum absolute atomic E-state index is 0.0847. The summed E-state index contributed by atoms with van der Waals surface area (Å²) in [4.78, 5) is 11.8. The Morgan fingerprint density at radius 3 is 2.93 bits per heavy atom. The highest BCUT2D eigenvalue weighted by Crippen LogP contribution is 2.19. The summed E-state index contributed by atoms with van der Waals surface area (Å²) in [5, 5.41) is 7.52. The lowest BCUT2D eigenvalue weighted by Crippen LogP contribution is -2.43. The molecule has 1 saturated heterocycles. The summed E-state index contributed by atoms with van der Waals surface area (Å²) in [7, 11) is 1.73.